The molecule has 1 fully saturated rings. The van der Waals surface area contributed by atoms with Gasteiger partial charge < -0.3 is 19.2 Å². The molecule has 1 aliphatic rings. The number of benzene rings is 1. The zero-order chi connectivity index (χ0) is 19.9. The van der Waals surface area contributed by atoms with E-state index in [9.17, 15) is 14.7 Å². The fraction of sp³-hybridized carbons (Fsp3) is 0.294. The Morgan fingerprint density at radius 1 is 1.48 bits per heavy atom. The fourth-order valence-corrected chi connectivity index (χ4v) is 3.63. The van der Waals surface area contributed by atoms with Crippen LogP contribution in [-0.2, 0) is 4.79 Å². The van der Waals surface area contributed by atoms with E-state index >= 15 is 0 Å². The third-order valence-electron chi connectivity index (χ3n) is 4.11. The van der Waals surface area contributed by atoms with Crippen LogP contribution < -0.4 is 10.2 Å². The summed E-state index contributed by atoms with van der Waals surface area (Å²) >= 11 is 8.48. The molecule has 0 bridgehead atoms. The molecule has 0 spiro atoms. The molecule has 1 aromatic carbocycles. The van der Waals surface area contributed by atoms with Gasteiger partial charge in [-0.05, 0) is 42.0 Å². The maximum atomic E-state index is 12.5. The number of hydrogen-bond acceptors (Lipinski definition) is 7. The van der Waals surface area contributed by atoms with Crippen LogP contribution in [0.15, 0.2) is 24.9 Å². The summed E-state index contributed by atoms with van der Waals surface area (Å²) in [7, 11) is 1.36. The van der Waals surface area contributed by atoms with Gasteiger partial charge >= 0.3 is 0 Å². The summed E-state index contributed by atoms with van der Waals surface area (Å²) in [6.07, 6.45) is 1.24. The van der Waals surface area contributed by atoms with Crippen LogP contribution >= 0.6 is 28.1 Å². The number of hydrogen-bond donors (Lipinski definition) is 1. The maximum Gasteiger partial charge on any atom is 0.269 e. The molecule has 3 rings (SSSR count). The quantitative estimate of drug-likeness (QED) is 0.560. The number of carbonyl (C=O) groups is 1. The highest BCUT2D eigenvalue weighted by Gasteiger charge is 2.32. The fourth-order valence-electron chi connectivity index (χ4n) is 2.79. The number of phenolic OH excluding ortho intramolecular Hbond substituents is 1. The SMILES string of the molecule is CCN1CC(=O)N(/N=C/c2c(O)c(Br)c3oc(C)cc(=O)c3c2OC)C1=S. The predicted octanol–water partition coefficient (Wildman–Crippen LogP) is 2.36. The van der Waals surface area contributed by atoms with Gasteiger partial charge in [0.2, 0.25) is 0 Å². The molecule has 1 amide bonds. The first-order valence-corrected chi connectivity index (χ1v) is 9.18. The molecular weight excluding hydrogens is 438 g/mol. The van der Waals surface area contributed by atoms with Crippen LogP contribution in [0.25, 0.3) is 11.0 Å². The summed E-state index contributed by atoms with van der Waals surface area (Å²) < 4.78 is 11.1. The van der Waals surface area contributed by atoms with Crippen LogP contribution in [-0.4, -0.2) is 52.4 Å². The second kappa shape index (κ2) is 7.28. The van der Waals surface area contributed by atoms with Crippen LogP contribution in [0.1, 0.15) is 18.2 Å². The van der Waals surface area contributed by atoms with Crippen molar-refractivity contribution in [2.75, 3.05) is 20.2 Å². The first-order chi connectivity index (χ1) is 12.8. The van der Waals surface area contributed by atoms with Gasteiger partial charge in [-0.2, -0.15) is 10.1 Å². The van der Waals surface area contributed by atoms with E-state index in [-0.39, 0.29) is 55.5 Å². The summed E-state index contributed by atoms with van der Waals surface area (Å²) in [6, 6.07) is 1.33. The predicted molar refractivity (Wildman–Crippen MR) is 107 cm³/mol. The molecular formula is C17H16BrN3O5S. The van der Waals surface area contributed by atoms with Crippen LogP contribution in [0.3, 0.4) is 0 Å². The van der Waals surface area contributed by atoms with Crippen LogP contribution in [0, 0.1) is 6.92 Å². The highest BCUT2D eigenvalue weighted by molar-refractivity contribution is 9.10. The summed E-state index contributed by atoms with van der Waals surface area (Å²) in [5.74, 6) is -0.0369. The molecule has 1 aliphatic heterocycles. The molecule has 8 nitrogen and oxygen atoms in total. The minimum absolute atomic E-state index is 0.0908. The lowest BCUT2D eigenvalue weighted by Gasteiger charge is -2.15. The molecule has 1 N–H and O–H groups in total. The molecule has 1 aromatic heterocycles. The molecule has 27 heavy (non-hydrogen) atoms. The third-order valence-corrected chi connectivity index (χ3v) is 5.27. The lowest BCUT2D eigenvalue weighted by Crippen LogP contribution is -2.29. The van der Waals surface area contributed by atoms with Crippen molar-refractivity contribution in [2.24, 2.45) is 5.10 Å². The number of hydrazone groups is 1. The largest absolute Gasteiger partial charge is 0.506 e. The van der Waals surface area contributed by atoms with Crippen molar-refractivity contribution in [2.45, 2.75) is 13.8 Å². The number of aryl methyl sites for hydroxylation is 1. The second-order valence-electron chi connectivity index (χ2n) is 5.78. The van der Waals surface area contributed by atoms with E-state index in [1.165, 1.54) is 19.4 Å². The molecule has 142 valence electrons. The Kier molecular flexibility index (Phi) is 5.20. The number of halogens is 1. The van der Waals surface area contributed by atoms with Crippen molar-refractivity contribution in [3.8, 4) is 11.5 Å². The smallest absolute Gasteiger partial charge is 0.269 e. The van der Waals surface area contributed by atoms with E-state index in [1.54, 1.807) is 11.8 Å². The van der Waals surface area contributed by atoms with Gasteiger partial charge in [0.15, 0.2) is 16.1 Å². The lowest BCUT2D eigenvalue weighted by molar-refractivity contribution is -0.125. The van der Waals surface area contributed by atoms with Gasteiger partial charge in [-0.15, -0.1) is 0 Å². The number of aromatic hydroxyl groups is 1. The molecule has 2 heterocycles. The van der Waals surface area contributed by atoms with Gasteiger partial charge in [-0.3, -0.25) is 9.59 Å². The Morgan fingerprint density at radius 3 is 2.78 bits per heavy atom. The van der Waals surface area contributed by atoms with Gasteiger partial charge in [0.05, 0.1) is 18.9 Å². The number of fused-ring (bicyclic) bond motifs is 1. The number of amides is 1. The molecule has 10 heteroatoms. The van der Waals surface area contributed by atoms with E-state index in [4.69, 9.17) is 21.4 Å². The molecule has 2 aromatic rings. The van der Waals surface area contributed by atoms with Gasteiger partial charge in [-0.1, -0.05) is 0 Å². The Labute approximate surface area is 168 Å². The van der Waals surface area contributed by atoms with E-state index in [0.29, 0.717) is 12.3 Å². The van der Waals surface area contributed by atoms with Crippen molar-refractivity contribution in [3.63, 3.8) is 0 Å². The van der Waals surface area contributed by atoms with Gasteiger partial charge in [0.25, 0.3) is 5.91 Å². The van der Waals surface area contributed by atoms with Crippen LogP contribution in [0.5, 0.6) is 11.5 Å². The van der Waals surface area contributed by atoms with Crippen molar-refractivity contribution in [3.05, 3.63) is 32.1 Å². The minimum atomic E-state index is -0.328. The number of likely N-dealkylation sites (N-methyl/N-ethyl adjacent to an activating group) is 1. The number of thiocarbonyl (C=S) groups is 1. The van der Waals surface area contributed by atoms with Gasteiger partial charge in [-0.25, -0.2) is 0 Å². The molecule has 0 radical (unpaired) electrons. The summed E-state index contributed by atoms with van der Waals surface area (Å²) in [5, 5.41) is 16.2. The van der Waals surface area contributed by atoms with E-state index < -0.39 is 0 Å². The zero-order valence-electron chi connectivity index (χ0n) is 14.8. The second-order valence-corrected chi connectivity index (χ2v) is 6.94. The topological polar surface area (TPSA) is 95.6 Å². The number of nitrogens with zero attached hydrogens (tertiary/aromatic N) is 3. The number of ether oxygens (including phenoxy) is 1. The van der Waals surface area contributed by atoms with E-state index in [2.05, 4.69) is 21.0 Å². The van der Waals surface area contributed by atoms with Crippen LogP contribution in [0.4, 0.5) is 0 Å². The normalized spacial score (nSPS) is 14.8. The summed E-state index contributed by atoms with van der Waals surface area (Å²) in [5.41, 5.74) is -0.0408. The molecule has 0 atom stereocenters. The zero-order valence-corrected chi connectivity index (χ0v) is 17.2. The minimum Gasteiger partial charge on any atom is -0.506 e. The number of phenols is 1. The average Bonchev–Trinajstić information content (AvgIpc) is 2.90. The Morgan fingerprint density at radius 2 is 2.19 bits per heavy atom. The van der Waals surface area contributed by atoms with Crippen molar-refractivity contribution < 1.29 is 19.1 Å². The lowest BCUT2D eigenvalue weighted by atomic mass is 10.1. The van der Waals surface area contributed by atoms with Crippen molar-refractivity contribution >= 4 is 56.4 Å². The van der Waals surface area contributed by atoms with Gasteiger partial charge in [0.1, 0.15) is 33.7 Å². The molecule has 0 unspecified atom stereocenters. The Bertz CT molecular complexity index is 1050. The third kappa shape index (κ3) is 3.19. The van der Waals surface area contributed by atoms with Crippen molar-refractivity contribution in [1.29, 1.82) is 0 Å². The molecule has 1 saturated heterocycles. The van der Waals surface area contributed by atoms with E-state index in [0.717, 1.165) is 5.01 Å². The number of methoxy groups -OCH3 is 1. The number of carbonyl (C=O) groups excluding carboxylic acids is 1. The van der Waals surface area contributed by atoms with Crippen molar-refractivity contribution in [1.82, 2.24) is 9.91 Å². The van der Waals surface area contributed by atoms with E-state index in [1.807, 2.05) is 6.92 Å². The van der Waals surface area contributed by atoms with Crippen LogP contribution in [0.2, 0.25) is 0 Å². The standard InChI is InChI=1S/C17H16BrN3O5S/c1-4-20-7-11(23)21(17(20)27)19-6-9-14(24)13(18)16-12(15(9)25-3)10(22)5-8(2)26-16/h5-6,24H,4,7H2,1-3H3/b19-6+. The molecule has 0 aliphatic carbocycles. The highest BCUT2D eigenvalue weighted by Crippen LogP contribution is 2.41. The first-order valence-electron chi connectivity index (χ1n) is 7.98. The maximum absolute atomic E-state index is 12.5. The monoisotopic (exact) mass is 453 g/mol. The molecule has 0 saturated carbocycles. The summed E-state index contributed by atoms with van der Waals surface area (Å²) in [6.45, 7) is 4.22. The first kappa shape index (κ1) is 19.3. The Hall–Kier alpha value is -2.46. The Balaban J connectivity index is 2.18. The highest BCUT2D eigenvalue weighted by atomic mass is 79.9. The average molecular weight is 454 g/mol. The van der Waals surface area contributed by atoms with Gasteiger partial charge in [0, 0.05) is 12.6 Å². The number of rotatable bonds is 4. The summed E-state index contributed by atoms with van der Waals surface area (Å²) in [4.78, 5) is 26.3.